The standard InChI is InChI=1S/C14H12ClF2N3/c15-13-11-2-1-3-12(11)19-14(20-13)18-7-8-4-9(16)6-10(17)5-8/h4-6H,1-3,7H2,(H,18,19,20). The van der Waals surface area contributed by atoms with E-state index in [9.17, 15) is 8.78 Å². The van der Waals surface area contributed by atoms with Gasteiger partial charge in [-0.2, -0.15) is 0 Å². The molecule has 0 fully saturated rings. The number of halogens is 3. The zero-order valence-electron chi connectivity index (χ0n) is 10.6. The van der Waals surface area contributed by atoms with Gasteiger partial charge in [-0.15, -0.1) is 0 Å². The molecular formula is C14H12ClF2N3. The van der Waals surface area contributed by atoms with Gasteiger partial charge in [-0.25, -0.2) is 18.7 Å². The molecule has 3 rings (SSSR count). The van der Waals surface area contributed by atoms with E-state index in [4.69, 9.17) is 11.6 Å². The molecule has 0 amide bonds. The number of nitrogens with zero attached hydrogens (tertiary/aromatic N) is 2. The summed E-state index contributed by atoms with van der Waals surface area (Å²) in [6.07, 6.45) is 2.83. The molecule has 104 valence electrons. The van der Waals surface area contributed by atoms with E-state index in [1.165, 1.54) is 12.1 Å². The topological polar surface area (TPSA) is 37.8 Å². The Balaban J connectivity index is 1.77. The fourth-order valence-electron chi connectivity index (χ4n) is 2.36. The maximum atomic E-state index is 13.1. The van der Waals surface area contributed by atoms with E-state index in [1.54, 1.807) is 0 Å². The molecule has 1 aromatic heterocycles. The SMILES string of the molecule is Fc1cc(F)cc(CNc2nc(Cl)c3c(n2)CCC3)c1. The van der Waals surface area contributed by atoms with Gasteiger partial charge in [-0.3, -0.25) is 0 Å². The molecule has 20 heavy (non-hydrogen) atoms. The number of benzene rings is 1. The number of anilines is 1. The molecule has 1 heterocycles. The predicted molar refractivity (Wildman–Crippen MR) is 72.8 cm³/mol. The van der Waals surface area contributed by atoms with Crippen LogP contribution in [0.5, 0.6) is 0 Å². The van der Waals surface area contributed by atoms with Gasteiger partial charge in [0.2, 0.25) is 5.95 Å². The van der Waals surface area contributed by atoms with E-state index in [2.05, 4.69) is 15.3 Å². The van der Waals surface area contributed by atoms with E-state index in [-0.39, 0.29) is 6.54 Å². The van der Waals surface area contributed by atoms with Crippen molar-refractivity contribution in [2.45, 2.75) is 25.8 Å². The maximum Gasteiger partial charge on any atom is 0.224 e. The van der Waals surface area contributed by atoms with Crippen molar-refractivity contribution in [2.24, 2.45) is 0 Å². The lowest BCUT2D eigenvalue weighted by molar-refractivity contribution is 0.580. The van der Waals surface area contributed by atoms with Crippen LogP contribution in [0.1, 0.15) is 23.2 Å². The van der Waals surface area contributed by atoms with Gasteiger partial charge in [0, 0.05) is 18.2 Å². The lowest BCUT2D eigenvalue weighted by Crippen LogP contribution is -2.06. The highest BCUT2D eigenvalue weighted by Gasteiger charge is 2.18. The molecule has 6 heteroatoms. The molecule has 0 saturated carbocycles. The van der Waals surface area contributed by atoms with Gasteiger partial charge in [0.15, 0.2) is 0 Å². The second-order valence-electron chi connectivity index (χ2n) is 4.75. The van der Waals surface area contributed by atoms with E-state index < -0.39 is 11.6 Å². The first kappa shape index (κ1) is 13.2. The first-order valence-corrected chi connectivity index (χ1v) is 6.74. The van der Waals surface area contributed by atoms with E-state index in [0.717, 1.165) is 36.6 Å². The fourth-order valence-corrected chi connectivity index (χ4v) is 2.64. The summed E-state index contributed by atoms with van der Waals surface area (Å²) < 4.78 is 26.2. The summed E-state index contributed by atoms with van der Waals surface area (Å²) in [5.41, 5.74) is 2.45. The second-order valence-corrected chi connectivity index (χ2v) is 5.11. The van der Waals surface area contributed by atoms with Crippen molar-refractivity contribution in [1.82, 2.24) is 9.97 Å². The van der Waals surface area contributed by atoms with Crippen LogP contribution in [0.3, 0.4) is 0 Å². The van der Waals surface area contributed by atoms with Crippen molar-refractivity contribution in [1.29, 1.82) is 0 Å². The molecule has 0 unspecified atom stereocenters. The van der Waals surface area contributed by atoms with Crippen molar-refractivity contribution in [3.05, 3.63) is 51.8 Å². The van der Waals surface area contributed by atoms with Crippen LogP contribution in [0, 0.1) is 11.6 Å². The zero-order chi connectivity index (χ0) is 14.1. The van der Waals surface area contributed by atoms with Crippen molar-refractivity contribution in [3.8, 4) is 0 Å². The summed E-state index contributed by atoms with van der Waals surface area (Å²) in [5, 5.41) is 3.40. The largest absolute Gasteiger partial charge is 0.350 e. The Kier molecular flexibility index (Phi) is 3.53. The van der Waals surface area contributed by atoms with Gasteiger partial charge >= 0.3 is 0 Å². The van der Waals surface area contributed by atoms with Crippen LogP contribution in [0.2, 0.25) is 5.15 Å². The van der Waals surface area contributed by atoms with Crippen molar-refractivity contribution in [2.75, 3.05) is 5.32 Å². The molecule has 0 saturated heterocycles. The van der Waals surface area contributed by atoms with Crippen molar-refractivity contribution >= 4 is 17.5 Å². The number of hydrogen-bond donors (Lipinski definition) is 1. The number of aromatic nitrogens is 2. The summed E-state index contributed by atoms with van der Waals surface area (Å²) in [6, 6.07) is 3.38. The monoisotopic (exact) mass is 295 g/mol. The number of fused-ring (bicyclic) bond motifs is 1. The Hall–Kier alpha value is -1.75. The minimum absolute atomic E-state index is 0.240. The third-order valence-electron chi connectivity index (χ3n) is 3.26. The zero-order valence-corrected chi connectivity index (χ0v) is 11.3. The van der Waals surface area contributed by atoms with Gasteiger partial charge < -0.3 is 5.32 Å². The summed E-state index contributed by atoms with van der Waals surface area (Å²) in [6.45, 7) is 0.240. The number of nitrogens with one attached hydrogen (secondary N) is 1. The maximum absolute atomic E-state index is 13.1. The molecule has 1 aliphatic rings. The number of aryl methyl sites for hydroxylation is 1. The molecular weight excluding hydrogens is 284 g/mol. The van der Waals surface area contributed by atoms with Crippen LogP contribution in [-0.4, -0.2) is 9.97 Å². The fraction of sp³-hybridized carbons (Fsp3) is 0.286. The van der Waals surface area contributed by atoms with Crippen LogP contribution < -0.4 is 5.32 Å². The molecule has 2 aromatic rings. The summed E-state index contributed by atoms with van der Waals surface area (Å²) in [4.78, 5) is 8.54. The first-order valence-electron chi connectivity index (χ1n) is 6.36. The van der Waals surface area contributed by atoms with Gasteiger partial charge in [0.1, 0.15) is 16.8 Å². The minimum Gasteiger partial charge on any atom is -0.350 e. The Bertz CT molecular complexity index is 641. The van der Waals surface area contributed by atoms with Crippen LogP contribution in [-0.2, 0) is 19.4 Å². The Morgan fingerprint density at radius 3 is 2.60 bits per heavy atom. The first-order chi connectivity index (χ1) is 9.61. The van der Waals surface area contributed by atoms with Crippen LogP contribution >= 0.6 is 11.6 Å². The summed E-state index contributed by atoms with van der Waals surface area (Å²) >= 11 is 6.10. The van der Waals surface area contributed by atoms with Gasteiger partial charge in [0.05, 0.1) is 5.69 Å². The van der Waals surface area contributed by atoms with Crippen LogP contribution in [0.4, 0.5) is 14.7 Å². The minimum atomic E-state index is -0.602. The van der Waals surface area contributed by atoms with Crippen LogP contribution in [0.15, 0.2) is 18.2 Å². The van der Waals surface area contributed by atoms with Crippen molar-refractivity contribution < 1.29 is 8.78 Å². The van der Waals surface area contributed by atoms with Crippen molar-refractivity contribution in [3.63, 3.8) is 0 Å². The molecule has 0 bridgehead atoms. The quantitative estimate of drug-likeness (QED) is 0.881. The van der Waals surface area contributed by atoms with E-state index in [1.807, 2.05) is 0 Å². The molecule has 0 radical (unpaired) electrons. The predicted octanol–water partition coefficient (Wildman–Crippen LogP) is 3.51. The van der Waals surface area contributed by atoms with Gasteiger partial charge in [0.25, 0.3) is 0 Å². The highest BCUT2D eigenvalue weighted by atomic mass is 35.5. The second kappa shape index (κ2) is 5.32. The Morgan fingerprint density at radius 1 is 1.10 bits per heavy atom. The molecule has 0 aliphatic heterocycles. The molecule has 0 atom stereocenters. The number of rotatable bonds is 3. The molecule has 1 N–H and O–H groups in total. The highest BCUT2D eigenvalue weighted by molar-refractivity contribution is 6.30. The lowest BCUT2D eigenvalue weighted by Gasteiger charge is -2.08. The molecule has 1 aliphatic carbocycles. The van der Waals surface area contributed by atoms with Gasteiger partial charge in [-0.1, -0.05) is 11.6 Å². The average Bonchev–Trinajstić information content (AvgIpc) is 2.84. The molecule has 0 spiro atoms. The molecule has 1 aromatic carbocycles. The van der Waals surface area contributed by atoms with Crippen LogP contribution in [0.25, 0.3) is 0 Å². The smallest absolute Gasteiger partial charge is 0.224 e. The van der Waals surface area contributed by atoms with E-state index in [0.29, 0.717) is 16.7 Å². The average molecular weight is 296 g/mol. The Labute approximate surface area is 120 Å². The third-order valence-corrected chi connectivity index (χ3v) is 3.57. The Morgan fingerprint density at radius 2 is 1.85 bits per heavy atom. The summed E-state index contributed by atoms with van der Waals surface area (Å²) in [5.74, 6) is -0.815. The normalized spacial score (nSPS) is 13.3. The summed E-state index contributed by atoms with van der Waals surface area (Å²) in [7, 11) is 0. The highest BCUT2D eigenvalue weighted by Crippen LogP contribution is 2.27. The van der Waals surface area contributed by atoms with Gasteiger partial charge in [-0.05, 0) is 37.0 Å². The molecule has 3 nitrogen and oxygen atoms in total. The van der Waals surface area contributed by atoms with E-state index >= 15 is 0 Å². The third kappa shape index (κ3) is 2.72. The lowest BCUT2D eigenvalue weighted by atomic mass is 10.2. The number of hydrogen-bond acceptors (Lipinski definition) is 3.